The average molecular weight is 305 g/mol. The molecule has 2 rings (SSSR count). The van der Waals surface area contributed by atoms with Crippen molar-refractivity contribution in [2.45, 2.75) is 43.7 Å². The average Bonchev–Trinajstić information content (AvgIpc) is 2.86. The van der Waals surface area contributed by atoms with E-state index in [1.54, 1.807) is 0 Å². The summed E-state index contributed by atoms with van der Waals surface area (Å²) in [7, 11) is 0. The van der Waals surface area contributed by atoms with Gasteiger partial charge in [-0.05, 0) is 39.8 Å². The van der Waals surface area contributed by atoms with E-state index < -0.39 is 0 Å². The summed E-state index contributed by atoms with van der Waals surface area (Å²) in [5, 5.41) is 11.0. The van der Waals surface area contributed by atoms with Crippen molar-refractivity contribution in [1.29, 1.82) is 0 Å². The summed E-state index contributed by atoms with van der Waals surface area (Å²) < 4.78 is 5.58. The standard InChI is InChI=1S/C15H19N3O2S/c1-10(12(19)16-15(2,3)4)21-14-18-17-13(20-14)11-8-6-5-7-9-11/h5-10H,1-4H3,(H,16,19). The number of hydrogen-bond acceptors (Lipinski definition) is 5. The molecule has 1 N–H and O–H groups in total. The first kappa shape index (κ1) is 15.6. The second kappa shape index (κ2) is 6.30. The summed E-state index contributed by atoms with van der Waals surface area (Å²) in [5.74, 6) is 0.411. The first-order valence-electron chi connectivity index (χ1n) is 6.73. The number of rotatable bonds is 4. The number of amides is 1. The van der Waals surface area contributed by atoms with Crippen molar-refractivity contribution in [1.82, 2.24) is 15.5 Å². The minimum Gasteiger partial charge on any atom is -0.411 e. The first-order chi connectivity index (χ1) is 9.85. The third-order valence-corrected chi connectivity index (χ3v) is 3.51. The number of nitrogens with one attached hydrogen (secondary N) is 1. The smallest absolute Gasteiger partial charge is 0.277 e. The van der Waals surface area contributed by atoms with E-state index in [9.17, 15) is 4.79 Å². The Bertz CT molecular complexity index is 605. The van der Waals surface area contributed by atoms with E-state index >= 15 is 0 Å². The van der Waals surface area contributed by atoms with Crippen LogP contribution in [0, 0.1) is 0 Å². The minimum atomic E-state index is -0.298. The van der Waals surface area contributed by atoms with Crippen molar-refractivity contribution in [3.05, 3.63) is 30.3 Å². The largest absolute Gasteiger partial charge is 0.411 e. The van der Waals surface area contributed by atoms with Crippen LogP contribution in [-0.4, -0.2) is 26.9 Å². The van der Waals surface area contributed by atoms with Gasteiger partial charge in [-0.1, -0.05) is 30.0 Å². The molecule has 21 heavy (non-hydrogen) atoms. The monoisotopic (exact) mass is 305 g/mol. The third kappa shape index (κ3) is 4.60. The molecule has 0 spiro atoms. The Hall–Kier alpha value is -1.82. The van der Waals surface area contributed by atoms with Crippen LogP contribution in [0.3, 0.4) is 0 Å². The van der Waals surface area contributed by atoms with Gasteiger partial charge in [-0.15, -0.1) is 10.2 Å². The van der Waals surface area contributed by atoms with Crippen molar-refractivity contribution in [2.75, 3.05) is 0 Å². The van der Waals surface area contributed by atoms with Crippen LogP contribution in [0.2, 0.25) is 0 Å². The quantitative estimate of drug-likeness (QED) is 0.879. The fourth-order valence-corrected chi connectivity index (χ4v) is 2.31. The van der Waals surface area contributed by atoms with E-state index in [0.717, 1.165) is 5.56 Å². The normalized spacial score (nSPS) is 13.0. The van der Waals surface area contributed by atoms with Crippen molar-refractivity contribution < 1.29 is 9.21 Å². The van der Waals surface area contributed by atoms with Gasteiger partial charge in [0.1, 0.15) is 0 Å². The Morgan fingerprint density at radius 3 is 2.52 bits per heavy atom. The van der Waals surface area contributed by atoms with Crippen LogP contribution in [0.4, 0.5) is 0 Å². The van der Waals surface area contributed by atoms with Gasteiger partial charge in [0.15, 0.2) is 0 Å². The summed E-state index contributed by atoms with van der Waals surface area (Å²) in [6, 6.07) is 9.54. The van der Waals surface area contributed by atoms with Gasteiger partial charge in [0, 0.05) is 11.1 Å². The molecular formula is C15H19N3O2S. The molecule has 0 aliphatic carbocycles. The van der Waals surface area contributed by atoms with Gasteiger partial charge in [-0.2, -0.15) is 0 Å². The molecule has 0 saturated heterocycles. The Kier molecular flexibility index (Phi) is 4.67. The van der Waals surface area contributed by atoms with Crippen LogP contribution in [0.1, 0.15) is 27.7 Å². The molecule has 0 saturated carbocycles. The number of nitrogens with zero attached hydrogens (tertiary/aromatic N) is 2. The lowest BCUT2D eigenvalue weighted by atomic mass is 10.1. The molecule has 1 unspecified atom stereocenters. The van der Waals surface area contributed by atoms with Gasteiger partial charge in [0.05, 0.1) is 5.25 Å². The van der Waals surface area contributed by atoms with Gasteiger partial charge >= 0.3 is 0 Å². The fraction of sp³-hybridized carbons (Fsp3) is 0.400. The molecule has 2 aromatic rings. The predicted molar refractivity (Wildman–Crippen MR) is 82.9 cm³/mol. The van der Waals surface area contributed by atoms with E-state index in [0.29, 0.717) is 11.1 Å². The second-order valence-corrected chi connectivity index (χ2v) is 7.03. The van der Waals surface area contributed by atoms with Gasteiger partial charge < -0.3 is 9.73 Å². The molecule has 1 amide bonds. The lowest BCUT2D eigenvalue weighted by molar-refractivity contribution is -0.121. The summed E-state index contributed by atoms with van der Waals surface area (Å²) in [5.41, 5.74) is 0.610. The summed E-state index contributed by atoms with van der Waals surface area (Å²) in [6.07, 6.45) is 0. The molecule has 6 heteroatoms. The van der Waals surface area contributed by atoms with Crippen LogP contribution in [0.25, 0.3) is 11.5 Å². The van der Waals surface area contributed by atoms with Crippen molar-refractivity contribution >= 4 is 17.7 Å². The van der Waals surface area contributed by atoms with Crippen LogP contribution in [0.5, 0.6) is 0 Å². The van der Waals surface area contributed by atoms with E-state index in [1.807, 2.05) is 58.0 Å². The fourth-order valence-electron chi connectivity index (χ4n) is 1.63. The molecule has 1 aromatic carbocycles. The summed E-state index contributed by atoms with van der Waals surface area (Å²) in [6.45, 7) is 7.66. The summed E-state index contributed by atoms with van der Waals surface area (Å²) in [4.78, 5) is 12.0. The highest BCUT2D eigenvalue weighted by molar-refractivity contribution is 8.00. The van der Waals surface area contributed by atoms with Crippen molar-refractivity contribution in [3.8, 4) is 11.5 Å². The zero-order valence-electron chi connectivity index (χ0n) is 12.6. The number of hydrogen-bond donors (Lipinski definition) is 1. The van der Waals surface area contributed by atoms with Gasteiger partial charge in [0.2, 0.25) is 11.8 Å². The van der Waals surface area contributed by atoms with Crippen LogP contribution in [0.15, 0.2) is 40.0 Å². The zero-order chi connectivity index (χ0) is 15.5. The molecule has 1 heterocycles. The van der Waals surface area contributed by atoms with Crippen molar-refractivity contribution in [2.24, 2.45) is 0 Å². The number of carbonyl (C=O) groups is 1. The number of aromatic nitrogens is 2. The first-order valence-corrected chi connectivity index (χ1v) is 7.61. The van der Waals surface area contributed by atoms with Gasteiger partial charge in [0.25, 0.3) is 5.22 Å². The molecule has 0 radical (unpaired) electrons. The number of carbonyl (C=O) groups excluding carboxylic acids is 1. The molecule has 1 aromatic heterocycles. The van der Waals surface area contributed by atoms with Crippen LogP contribution < -0.4 is 5.32 Å². The Balaban J connectivity index is 2.01. The maximum atomic E-state index is 12.0. The maximum Gasteiger partial charge on any atom is 0.277 e. The predicted octanol–water partition coefficient (Wildman–Crippen LogP) is 3.13. The van der Waals surface area contributed by atoms with Crippen molar-refractivity contribution in [3.63, 3.8) is 0 Å². The Labute approximate surface area is 128 Å². The molecular weight excluding hydrogens is 286 g/mol. The van der Waals surface area contributed by atoms with Crippen LogP contribution in [-0.2, 0) is 4.79 Å². The molecule has 112 valence electrons. The molecule has 1 atom stereocenters. The molecule has 5 nitrogen and oxygen atoms in total. The van der Waals surface area contributed by atoms with E-state index in [1.165, 1.54) is 11.8 Å². The van der Waals surface area contributed by atoms with E-state index in [-0.39, 0.29) is 16.7 Å². The SMILES string of the molecule is CC(Sc1nnc(-c2ccccc2)o1)C(=O)NC(C)(C)C. The highest BCUT2D eigenvalue weighted by Crippen LogP contribution is 2.26. The zero-order valence-corrected chi connectivity index (χ0v) is 13.4. The number of thioether (sulfide) groups is 1. The molecule has 0 bridgehead atoms. The number of benzene rings is 1. The minimum absolute atomic E-state index is 0.0491. The second-order valence-electron chi connectivity index (χ2n) is 5.74. The third-order valence-electron chi connectivity index (χ3n) is 2.57. The van der Waals surface area contributed by atoms with E-state index in [2.05, 4.69) is 15.5 Å². The Morgan fingerprint density at radius 1 is 1.24 bits per heavy atom. The van der Waals surface area contributed by atoms with Gasteiger partial charge in [-0.25, -0.2) is 0 Å². The van der Waals surface area contributed by atoms with Gasteiger partial charge in [-0.3, -0.25) is 4.79 Å². The highest BCUT2D eigenvalue weighted by Gasteiger charge is 2.22. The molecule has 0 aliphatic heterocycles. The molecule has 0 aliphatic rings. The van der Waals surface area contributed by atoms with E-state index in [4.69, 9.17) is 4.42 Å². The summed E-state index contributed by atoms with van der Waals surface area (Å²) >= 11 is 1.26. The topological polar surface area (TPSA) is 68.0 Å². The van der Waals surface area contributed by atoms with Crippen LogP contribution >= 0.6 is 11.8 Å². The Morgan fingerprint density at radius 2 is 1.90 bits per heavy atom. The lowest BCUT2D eigenvalue weighted by Crippen LogP contribution is -2.44. The highest BCUT2D eigenvalue weighted by atomic mass is 32.2. The maximum absolute atomic E-state index is 12.0. The lowest BCUT2D eigenvalue weighted by Gasteiger charge is -2.22. The molecule has 0 fully saturated rings.